The molecule has 1 aliphatic rings. The Balaban J connectivity index is 1.46. The smallest absolute Gasteiger partial charge is 0.224 e. The van der Waals surface area contributed by atoms with Gasteiger partial charge in [-0.1, -0.05) is 54.6 Å². The Morgan fingerprint density at radius 3 is 2.53 bits per heavy atom. The van der Waals surface area contributed by atoms with Crippen LogP contribution in [0.15, 0.2) is 66.7 Å². The topological polar surface area (TPSA) is 50.8 Å². The van der Waals surface area contributed by atoms with Crippen LogP contribution in [0.25, 0.3) is 10.8 Å². The van der Waals surface area contributed by atoms with Crippen molar-refractivity contribution in [3.8, 4) is 5.75 Å². The minimum atomic E-state index is 0.0399. The fraction of sp³-hybridized carbons (Fsp3) is 0.320. The van der Waals surface area contributed by atoms with E-state index in [4.69, 9.17) is 9.47 Å². The van der Waals surface area contributed by atoms with Gasteiger partial charge in [0.2, 0.25) is 5.91 Å². The Kier molecular flexibility index (Phi) is 6.62. The summed E-state index contributed by atoms with van der Waals surface area (Å²) in [4.78, 5) is 15.2. The molecule has 5 heteroatoms. The molecule has 156 valence electrons. The van der Waals surface area contributed by atoms with E-state index in [9.17, 15) is 4.79 Å². The van der Waals surface area contributed by atoms with E-state index >= 15 is 0 Å². The van der Waals surface area contributed by atoms with E-state index in [2.05, 4.69) is 40.5 Å². The largest absolute Gasteiger partial charge is 0.497 e. The lowest BCUT2D eigenvalue weighted by atomic mass is 10.0. The van der Waals surface area contributed by atoms with Gasteiger partial charge in [-0.25, -0.2) is 0 Å². The number of benzene rings is 3. The molecule has 1 atom stereocenters. The summed E-state index contributed by atoms with van der Waals surface area (Å²) < 4.78 is 10.8. The molecule has 4 rings (SSSR count). The number of amides is 1. The summed E-state index contributed by atoms with van der Waals surface area (Å²) in [5.74, 6) is 0.873. The molecule has 0 saturated carbocycles. The number of methoxy groups -OCH3 is 1. The maximum absolute atomic E-state index is 12.8. The van der Waals surface area contributed by atoms with Crippen LogP contribution in [0.2, 0.25) is 0 Å². The van der Waals surface area contributed by atoms with Gasteiger partial charge in [-0.15, -0.1) is 0 Å². The molecule has 1 amide bonds. The van der Waals surface area contributed by atoms with Crippen LogP contribution in [0.5, 0.6) is 5.75 Å². The molecule has 1 N–H and O–H groups in total. The number of nitrogens with zero attached hydrogens (tertiary/aromatic N) is 1. The first-order valence-electron chi connectivity index (χ1n) is 10.4. The van der Waals surface area contributed by atoms with E-state index in [1.54, 1.807) is 7.11 Å². The summed E-state index contributed by atoms with van der Waals surface area (Å²) in [5.41, 5.74) is 2.22. The van der Waals surface area contributed by atoms with Crippen LogP contribution in [0, 0.1) is 0 Å². The molecule has 0 radical (unpaired) electrons. The molecule has 0 aliphatic carbocycles. The quantitative estimate of drug-likeness (QED) is 0.654. The van der Waals surface area contributed by atoms with Gasteiger partial charge in [0.1, 0.15) is 5.75 Å². The average molecular weight is 405 g/mol. The van der Waals surface area contributed by atoms with E-state index < -0.39 is 0 Å². The molecule has 1 saturated heterocycles. The fourth-order valence-electron chi connectivity index (χ4n) is 4.07. The minimum Gasteiger partial charge on any atom is -0.497 e. The van der Waals surface area contributed by atoms with Crippen molar-refractivity contribution in [1.29, 1.82) is 0 Å². The third-order valence-electron chi connectivity index (χ3n) is 5.71. The van der Waals surface area contributed by atoms with Gasteiger partial charge < -0.3 is 14.8 Å². The number of morpholine rings is 1. The molecule has 1 fully saturated rings. The Bertz CT molecular complexity index is 976. The Morgan fingerprint density at radius 1 is 1.03 bits per heavy atom. The molecule has 3 aromatic carbocycles. The van der Waals surface area contributed by atoms with Gasteiger partial charge in [0, 0.05) is 19.6 Å². The van der Waals surface area contributed by atoms with Crippen LogP contribution in [-0.2, 0) is 16.0 Å². The fourth-order valence-corrected chi connectivity index (χ4v) is 4.07. The zero-order valence-corrected chi connectivity index (χ0v) is 17.3. The molecule has 0 bridgehead atoms. The monoisotopic (exact) mass is 404 g/mol. The van der Waals surface area contributed by atoms with Crippen LogP contribution in [0.4, 0.5) is 0 Å². The van der Waals surface area contributed by atoms with Crippen LogP contribution in [0.1, 0.15) is 17.2 Å². The zero-order valence-electron chi connectivity index (χ0n) is 17.3. The highest BCUT2D eigenvalue weighted by Gasteiger charge is 2.23. The molecule has 1 aliphatic heterocycles. The number of carbonyl (C=O) groups excluding carboxylic acids is 1. The second kappa shape index (κ2) is 9.74. The van der Waals surface area contributed by atoms with Gasteiger partial charge in [0.05, 0.1) is 32.8 Å². The van der Waals surface area contributed by atoms with Gasteiger partial charge in [-0.05, 0) is 34.0 Å². The van der Waals surface area contributed by atoms with E-state index in [0.29, 0.717) is 13.0 Å². The van der Waals surface area contributed by atoms with Crippen molar-refractivity contribution in [2.75, 3.05) is 40.0 Å². The highest BCUT2D eigenvalue weighted by Crippen LogP contribution is 2.24. The molecule has 0 spiro atoms. The number of fused-ring (bicyclic) bond motifs is 1. The normalized spacial score (nSPS) is 15.6. The second-order valence-corrected chi connectivity index (χ2v) is 7.56. The molecular formula is C25H28N2O3. The maximum Gasteiger partial charge on any atom is 0.224 e. The standard InChI is InChI=1S/C25H28N2O3/c1-29-22-11-9-20(10-12-22)24(27-13-15-30-16-14-27)18-26-25(28)17-21-7-4-6-19-5-2-3-8-23(19)21/h2-12,24H,13-18H2,1H3,(H,26,28). The van der Waals surface area contributed by atoms with Crippen molar-refractivity contribution in [2.24, 2.45) is 0 Å². The average Bonchev–Trinajstić information content (AvgIpc) is 2.80. The number of carbonyl (C=O) groups is 1. The summed E-state index contributed by atoms with van der Waals surface area (Å²) in [5, 5.41) is 5.46. The number of hydrogen-bond donors (Lipinski definition) is 1. The number of hydrogen-bond acceptors (Lipinski definition) is 4. The molecule has 1 heterocycles. The highest BCUT2D eigenvalue weighted by molar-refractivity contribution is 5.90. The lowest BCUT2D eigenvalue weighted by Crippen LogP contribution is -2.44. The van der Waals surface area contributed by atoms with Gasteiger partial charge in [0.15, 0.2) is 0 Å². The number of rotatable bonds is 7. The third-order valence-corrected chi connectivity index (χ3v) is 5.71. The second-order valence-electron chi connectivity index (χ2n) is 7.56. The van der Waals surface area contributed by atoms with Crippen molar-refractivity contribution in [2.45, 2.75) is 12.5 Å². The van der Waals surface area contributed by atoms with Gasteiger partial charge in [0.25, 0.3) is 0 Å². The van der Waals surface area contributed by atoms with Crippen molar-refractivity contribution in [3.63, 3.8) is 0 Å². The summed E-state index contributed by atoms with van der Waals surface area (Å²) in [6.45, 7) is 3.72. The van der Waals surface area contributed by atoms with Crippen molar-refractivity contribution in [3.05, 3.63) is 77.9 Å². The van der Waals surface area contributed by atoms with E-state index in [1.165, 1.54) is 5.56 Å². The molecule has 1 unspecified atom stereocenters. The number of ether oxygens (including phenoxy) is 2. The molecule has 30 heavy (non-hydrogen) atoms. The summed E-state index contributed by atoms with van der Waals surface area (Å²) in [7, 11) is 1.67. The third kappa shape index (κ3) is 4.81. The molecule has 3 aromatic rings. The maximum atomic E-state index is 12.8. The Morgan fingerprint density at radius 2 is 1.77 bits per heavy atom. The Hall–Kier alpha value is -2.89. The SMILES string of the molecule is COc1ccc(C(CNC(=O)Cc2cccc3ccccc23)N2CCOCC2)cc1. The van der Waals surface area contributed by atoms with Crippen LogP contribution < -0.4 is 10.1 Å². The van der Waals surface area contributed by atoms with Crippen LogP contribution >= 0.6 is 0 Å². The molecular weight excluding hydrogens is 376 g/mol. The summed E-state index contributed by atoms with van der Waals surface area (Å²) in [6, 6.07) is 22.5. The van der Waals surface area contributed by atoms with Crippen molar-refractivity contribution >= 4 is 16.7 Å². The first-order chi connectivity index (χ1) is 14.7. The van der Waals surface area contributed by atoms with Gasteiger partial charge in [-0.2, -0.15) is 0 Å². The van der Waals surface area contributed by atoms with Gasteiger partial charge in [-0.3, -0.25) is 9.69 Å². The minimum absolute atomic E-state index is 0.0399. The summed E-state index contributed by atoms with van der Waals surface area (Å²) in [6.07, 6.45) is 0.375. The van der Waals surface area contributed by atoms with Crippen LogP contribution in [0.3, 0.4) is 0 Å². The first-order valence-corrected chi connectivity index (χ1v) is 10.4. The highest BCUT2D eigenvalue weighted by atomic mass is 16.5. The predicted molar refractivity (Wildman–Crippen MR) is 119 cm³/mol. The predicted octanol–water partition coefficient (Wildman–Crippen LogP) is 3.58. The Labute approximate surface area is 177 Å². The van der Waals surface area contributed by atoms with Crippen molar-refractivity contribution < 1.29 is 14.3 Å². The molecule has 5 nitrogen and oxygen atoms in total. The van der Waals surface area contributed by atoms with E-state index in [-0.39, 0.29) is 11.9 Å². The van der Waals surface area contributed by atoms with E-state index in [0.717, 1.165) is 48.4 Å². The molecule has 0 aromatic heterocycles. The lowest BCUT2D eigenvalue weighted by molar-refractivity contribution is -0.120. The summed E-state index contributed by atoms with van der Waals surface area (Å²) >= 11 is 0. The lowest BCUT2D eigenvalue weighted by Gasteiger charge is -2.35. The van der Waals surface area contributed by atoms with Crippen molar-refractivity contribution in [1.82, 2.24) is 10.2 Å². The zero-order chi connectivity index (χ0) is 20.8. The van der Waals surface area contributed by atoms with Gasteiger partial charge >= 0.3 is 0 Å². The van der Waals surface area contributed by atoms with E-state index in [1.807, 2.05) is 36.4 Å². The number of nitrogens with one attached hydrogen (secondary N) is 1. The first kappa shape index (κ1) is 20.4. The van der Waals surface area contributed by atoms with Crippen LogP contribution in [-0.4, -0.2) is 50.8 Å².